The van der Waals surface area contributed by atoms with Gasteiger partial charge in [0, 0.05) is 42.7 Å². The molecule has 0 unspecified atom stereocenters. The van der Waals surface area contributed by atoms with E-state index in [0.717, 1.165) is 55.0 Å². The Morgan fingerprint density at radius 1 is 1.04 bits per heavy atom. The lowest BCUT2D eigenvalue weighted by Crippen LogP contribution is -2.41. The number of carbonyl (C=O) groups is 1. The first-order valence-corrected chi connectivity index (χ1v) is 9.20. The molecule has 2 heterocycles. The zero-order chi connectivity index (χ0) is 18.5. The quantitative estimate of drug-likeness (QED) is 0.755. The fraction of sp³-hybridized carbons (Fsp3) is 0.286. The van der Waals surface area contributed by atoms with Crippen molar-refractivity contribution in [3.63, 3.8) is 0 Å². The molecule has 1 N–H and O–H groups in total. The van der Waals surface area contributed by atoms with E-state index in [2.05, 4.69) is 20.2 Å². The summed E-state index contributed by atoms with van der Waals surface area (Å²) < 4.78 is 5.36. The zero-order valence-corrected chi connectivity index (χ0v) is 15.1. The molecular weight excluding hydrogens is 340 g/mol. The Balaban J connectivity index is 1.54. The molecule has 6 nitrogen and oxygen atoms in total. The van der Waals surface area contributed by atoms with Crippen LogP contribution in [0.1, 0.15) is 10.4 Å². The second kappa shape index (κ2) is 8.24. The monoisotopic (exact) mass is 362 g/mol. The van der Waals surface area contributed by atoms with E-state index >= 15 is 0 Å². The van der Waals surface area contributed by atoms with Gasteiger partial charge < -0.3 is 10.1 Å². The molecule has 0 bridgehead atoms. The van der Waals surface area contributed by atoms with Crippen molar-refractivity contribution in [2.75, 3.05) is 39.4 Å². The van der Waals surface area contributed by atoms with Crippen LogP contribution in [0.5, 0.6) is 0 Å². The molecule has 6 heteroatoms. The van der Waals surface area contributed by atoms with Crippen LogP contribution in [-0.4, -0.2) is 60.2 Å². The van der Waals surface area contributed by atoms with Gasteiger partial charge in [0.2, 0.25) is 0 Å². The molecule has 0 saturated carbocycles. The van der Waals surface area contributed by atoms with Crippen molar-refractivity contribution in [1.82, 2.24) is 20.2 Å². The fourth-order valence-corrected chi connectivity index (χ4v) is 3.35. The van der Waals surface area contributed by atoms with Gasteiger partial charge >= 0.3 is 0 Å². The van der Waals surface area contributed by atoms with Gasteiger partial charge in [0.1, 0.15) is 6.33 Å². The number of amides is 1. The van der Waals surface area contributed by atoms with Gasteiger partial charge in [0.25, 0.3) is 5.91 Å². The largest absolute Gasteiger partial charge is 0.379 e. The second-order valence-corrected chi connectivity index (χ2v) is 6.49. The third kappa shape index (κ3) is 3.97. The number of rotatable bonds is 5. The Bertz CT molecular complexity index is 933. The zero-order valence-electron chi connectivity index (χ0n) is 15.1. The topological polar surface area (TPSA) is 67.4 Å². The molecule has 1 aliphatic rings. The summed E-state index contributed by atoms with van der Waals surface area (Å²) in [6.07, 6.45) is 1.55. The van der Waals surface area contributed by atoms with E-state index in [1.54, 1.807) is 6.33 Å². The first-order chi connectivity index (χ1) is 13.3. The first-order valence-electron chi connectivity index (χ1n) is 9.20. The number of hydrogen-bond acceptors (Lipinski definition) is 5. The lowest BCUT2D eigenvalue weighted by Gasteiger charge is -2.26. The van der Waals surface area contributed by atoms with Crippen molar-refractivity contribution < 1.29 is 9.53 Å². The van der Waals surface area contributed by atoms with Crippen molar-refractivity contribution in [2.24, 2.45) is 0 Å². The molecule has 0 radical (unpaired) electrons. The average Bonchev–Trinajstić information content (AvgIpc) is 2.74. The van der Waals surface area contributed by atoms with Crippen molar-refractivity contribution in [1.29, 1.82) is 0 Å². The van der Waals surface area contributed by atoms with Crippen LogP contribution in [-0.2, 0) is 4.74 Å². The Kier molecular flexibility index (Phi) is 5.37. The molecule has 3 aromatic rings. The van der Waals surface area contributed by atoms with Crippen LogP contribution in [0, 0.1) is 0 Å². The summed E-state index contributed by atoms with van der Waals surface area (Å²) in [6, 6.07) is 15.4. The number of ether oxygens (including phenoxy) is 1. The second-order valence-electron chi connectivity index (χ2n) is 6.49. The predicted molar refractivity (Wildman–Crippen MR) is 105 cm³/mol. The maximum Gasteiger partial charge on any atom is 0.252 e. The number of para-hydroxylation sites is 1. The summed E-state index contributed by atoms with van der Waals surface area (Å²) >= 11 is 0. The maximum atomic E-state index is 12.8. The molecular formula is C21H22N4O2. The fourth-order valence-electron chi connectivity index (χ4n) is 3.35. The highest BCUT2D eigenvalue weighted by molar-refractivity contribution is 6.04. The van der Waals surface area contributed by atoms with Gasteiger partial charge in [-0.3, -0.25) is 9.69 Å². The molecule has 2 aromatic carbocycles. The maximum absolute atomic E-state index is 12.8. The number of nitrogens with one attached hydrogen (secondary N) is 1. The Hall–Kier alpha value is -2.83. The summed E-state index contributed by atoms with van der Waals surface area (Å²) in [4.78, 5) is 23.9. The van der Waals surface area contributed by atoms with E-state index in [-0.39, 0.29) is 5.91 Å². The Morgan fingerprint density at radius 2 is 1.81 bits per heavy atom. The van der Waals surface area contributed by atoms with E-state index in [1.165, 1.54) is 0 Å². The highest BCUT2D eigenvalue weighted by Crippen LogP contribution is 2.27. The van der Waals surface area contributed by atoms with Crippen LogP contribution in [0.25, 0.3) is 22.2 Å². The lowest BCUT2D eigenvalue weighted by atomic mass is 10.0. The van der Waals surface area contributed by atoms with Gasteiger partial charge in [-0.25, -0.2) is 9.97 Å². The minimum atomic E-state index is -0.0819. The van der Waals surface area contributed by atoms with Gasteiger partial charge in [-0.05, 0) is 12.1 Å². The number of benzene rings is 2. The molecule has 1 saturated heterocycles. The minimum Gasteiger partial charge on any atom is -0.379 e. The number of hydrogen-bond donors (Lipinski definition) is 1. The number of morpholine rings is 1. The van der Waals surface area contributed by atoms with Crippen LogP contribution in [0.2, 0.25) is 0 Å². The van der Waals surface area contributed by atoms with Gasteiger partial charge in [0.05, 0.1) is 24.4 Å². The van der Waals surface area contributed by atoms with Crippen LogP contribution in [0.4, 0.5) is 0 Å². The van der Waals surface area contributed by atoms with Crippen LogP contribution in [0.3, 0.4) is 0 Å². The van der Waals surface area contributed by atoms with Crippen molar-refractivity contribution in [2.45, 2.75) is 0 Å². The molecule has 27 heavy (non-hydrogen) atoms. The van der Waals surface area contributed by atoms with E-state index in [4.69, 9.17) is 4.74 Å². The van der Waals surface area contributed by atoms with Gasteiger partial charge in [-0.1, -0.05) is 36.4 Å². The van der Waals surface area contributed by atoms with Gasteiger partial charge in [0.15, 0.2) is 0 Å². The summed E-state index contributed by atoms with van der Waals surface area (Å²) in [5.74, 6) is -0.0819. The predicted octanol–water partition coefficient (Wildman–Crippen LogP) is 2.36. The summed E-state index contributed by atoms with van der Waals surface area (Å²) in [6.45, 7) is 4.79. The van der Waals surface area contributed by atoms with Crippen molar-refractivity contribution in [3.05, 3.63) is 60.4 Å². The molecule has 1 aromatic heterocycles. The molecule has 4 rings (SSSR count). The summed E-state index contributed by atoms with van der Waals surface area (Å²) in [5.41, 5.74) is 3.09. The van der Waals surface area contributed by atoms with E-state index in [1.807, 2.05) is 48.5 Å². The van der Waals surface area contributed by atoms with Crippen LogP contribution in [0.15, 0.2) is 54.9 Å². The third-order valence-electron chi connectivity index (χ3n) is 4.79. The standard InChI is InChI=1S/C21H22N4O2/c26-21(22-9-10-25-11-13-27-14-12-25)17-6-2-1-5-16(17)20-18-7-3-4-8-19(18)23-15-24-20/h1-8,15H,9-14H2,(H,22,26). The molecule has 0 aliphatic carbocycles. The number of aromatic nitrogens is 2. The van der Waals surface area contributed by atoms with E-state index in [0.29, 0.717) is 12.1 Å². The molecule has 1 amide bonds. The van der Waals surface area contributed by atoms with Crippen LogP contribution < -0.4 is 5.32 Å². The Labute approximate surface area is 158 Å². The summed E-state index contributed by atoms with van der Waals surface area (Å²) in [5, 5.41) is 3.98. The van der Waals surface area contributed by atoms with Gasteiger partial charge in [-0.2, -0.15) is 0 Å². The van der Waals surface area contributed by atoms with Crippen molar-refractivity contribution >= 4 is 16.8 Å². The van der Waals surface area contributed by atoms with Crippen LogP contribution >= 0.6 is 0 Å². The Morgan fingerprint density at radius 3 is 2.70 bits per heavy atom. The summed E-state index contributed by atoms with van der Waals surface area (Å²) in [7, 11) is 0. The number of fused-ring (bicyclic) bond motifs is 1. The van der Waals surface area contributed by atoms with Gasteiger partial charge in [-0.15, -0.1) is 0 Å². The number of carbonyl (C=O) groups excluding carboxylic acids is 1. The number of nitrogens with zero attached hydrogens (tertiary/aromatic N) is 3. The molecule has 0 spiro atoms. The SMILES string of the molecule is O=C(NCCN1CCOCC1)c1ccccc1-c1ncnc2ccccc12. The third-order valence-corrected chi connectivity index (χ3v) is 4.79. The molecule has 138 valence electrons. The molecule has 1 fully saturated rings. The molecule has 0 atom stereocenters. The smallest absolute Gasteiger partial charge is 0.252 e. The first kappa shape index (κ1) is 17.6. The molecule has 1 aliphatic heterocycles. The lowest BCUT2D eigenvalue weighted by molar-refractivity contribution is 0.0383. The average molecular weight is 362 g/mol. The van der Waals surface area contributed by atoms with Crippen molar-refractivity contribution in [3.8, 4) is 11.3 Å². The van der Waals surface area contributed by atoms with E-state index < -0.39 is 0 Å². The minimum absolute atomic E-state index is 0.0819. The highest BCUT2D eigenvalue weighted by Gasteiger charge is 2.16. The normalized spacial score (nSPS) is 15.0. The van der Waals surface area contributed by atoms with E-state index in [9.17, 15) is 4.79 Å². The highest BCUT2D eigenvalue weighted by atomic mass is 16.5.